The van der Waals surface area contributed by atoms with Gasteiger partial charge >= 0.3 is 0 Å². The molecule has 4 aliphatic rings. The molecule has 0 radical (unpaired) electrons. The van der Waals surface area contributed by atoms with Gasteiger partial charge in [0.1, 0.15) is 0 Å². The van der Waals surface area contributed by atoms with E-state index in [1.165, 1.54) is 38.5 Å². The van der Waals surface area contributed by atoms with Gasteiger partial charge in [0.15, 0.2) is 0 Å². The molecule has 3 heteroatoms. The van der Waals surface area contributed by atoms with Gasteiger partial charge in [0.2, 0.25) is 5.24 Å². The minimum atomic E-state index is -0.157. The number of rotatable bonds is 6. The van der Waals surface area contributed by atoms with Crippen LogP contribution in [0.3, 0.4) is 0 Å². The lowest BCUT2D eigenvalue weighted by Crippen LogP contribution is -2.52. The molecule has 0 aliphatic heterocycles. The van der Waals surface area contributed by atoms with E-state index >= 15 is 0 Å². The Morgan fingerprint density at radius 2 is 1.60 bits per heavy atom. The van der Waals surface area contributed by atoms with E-state index < -0.39 is 0 Å². The molecule has 0 saturated heterocycles. The Labute approximate surface area is 127 Å². The summed E-state index contributed by atoms with van der Waals surface area (Å²) in [5, 5.41) is -0.157. The number of hydrogen-bond donors (Lipinski definition) is 0. The molecular weight excluding hydrogens is 272 g/mol. The maximum absolute atomic E-state index is 12.0. The molecule has 114 valence electrons. The zero-order valence-electron chi connectivity index (χ0n) is 12.7. The van der Waals surface area contributed by atoms with Crippen molar-refractivity contribution in [2.24, 2.45) is 35.0 Å². The Balaban J connectivity index is 1.72. The topological polar surface area (TPSA) is 26.3 Å². The molecule has 0 aromatic rings. The minimum absolute atomic E-state index is 0.0729. The predicted octanol–water partition coefficient (Wildman–Crippen LogP) is 4.26. The third kappa shape index (κ3) is 2.78. The lowest BCUT2D eigenvalue weighted by atomic mass is 9.46. The second-order valence-corrected chi connectivity index (χ2v) is 8.44. The summed E-state index contributed by atoms with van der Waals surface area (Å²) in [6.45, 7) is 5.55. The zero-order chi connectivity index (χ0) is 14.3. The molecular formula is C17H27ClO2. The van der Waals surface area contributed by atoms with E-state index in [4.69, 9.17) is 16.3 Å². The van der Waals surface area contributed by atoms with Crippen molar-refractivity contribution in [1.82, 2.24) is 0 Å². The quantitative estimate of drug-likeness (QED) is 0.685. The third-order valence-electron chi connectivity index (χ3n) is 5.83. The van der Waals surface area contributed by atoms with Gasteiger partial charge < -0.3 is 4.74 Å². The normalized spacial score (nSPS) is 40.3. The van der Waals surface area contributed by atoms with Gasteiger partial charge in [-0.2, -0.15) is 0 Å². The van der Waals surface area contributed by atoms with Crippen LogP contribution in [-0.2, 0) is 9.53 Å². The van der Waals surface area contributed by atoms with E-state index in [1.807, 2.05) is 0 Å². The summed E-state index contributed by atoms with van der Waals surface area (Å²) < 4.78 is 5.80. The molecule has 4 fully saturated rings. The van der Waals surface area contributed by atoms with Gasteiger partial charge in [-0.05, 0) is 79.2 Å². The van der Waals surface area contributed by atoms with Crippen LogP contribution in [0.5, 0.6) is 0 Å². The molecule has 4 saturated carbocycles. The summed E-state index contributed by atoms with van der Waals surface area (Å²) in [7, 11) is 0. The van der Waals surface area contributed by atoms with E-state index in [9.17, 15) is 4.79 Å². The van der Waals surface area contributed by atoms with Crippen LogP contribution in [0.25, 0.3) is 0 Å². The highest BCUT2D eigenvalue weighted by Crippen LogP contribution is 2.63. The Bertz CT molecular complexity index is 342. The van der Waals surface area contributed by atoms with Crippen LogP contribution in [0, 0.1) is 35.0 Å². The van der Waals surface area contributed by atoms with Crippen molar-refractivity contribution >= 4 is 16.8 Å². The molecule has 0 aromatic carbocycles. The van der Waals surface area contributed by atoms with Gasteiger partial charge in [-0.15, -0.1) is 0 Å². The number of ether oxygens (including phenoxy) is 1. The van der Waals surface area contributed by atoms with Crippen molar-refractivity contribution < 1.29 is 9.53 Å². The predicted molar refractivity (Wildman–Crippen MR) is 80.6 cm³/mol. The number of halogens is 1. The van der Waals surface area contributed by atoms with Gasteiger partial charge in [0.05, 0.1) is 12.5 Å². The highest BCUT2D eigenvalue weighted by atomic mass is 35.5. The Morgan fingerprint density at radius 3 is 2.00 bits per heavy atom. The van der Waals surface area contributed by atoms with Crippen molar-refractivity contribution in [3.8, 4) is 0 Å². The standard InChI is InChI=1S/C17H27ClO2/c1-11(2)9-20-10-15(16(18)19)17-6-12-3-13(7-17)5-14(4-12)8-17/h11-15H,3-10H2,1-2H3. The lowest BCUT2D eigenvalue weighted by Gasteiger charge is -2.58. The van der Waals surface area contributed by atoms with E-state index in [2.05, 4.69) is 13.8 Å². The van der Waals surface area contributed by atoms with Crippen LogP contribution in [0.2, 0.25) is 0 Å². The average Bonchev–Trinajstić information content (AvgIpc) is 2.31. The van der Waals surface area contributed by atoms with Crippen LogP contribution in [0.4, 0.5) is 0 Å². The van der Waals surface area contributed by atoms with Crippen LogP contribution < -0.4 is 0 Å². The molecule has 0 amide bonds. The summed E-state index contributed by atoms with van der Waals surface area (Å²) in [5.41, 5.74) is 0.171. The van der Waals surface area contributed by atoms with Gasteiger partial charge in [-0.25, -0.2) is 0 Å². The van der Waals surface area contributed by atoms with Crippen LogP contribution in [0.1, 0.15) is 52.4 Å². The molecule has 20 heavy (non-hydrogen) atoms. The molecule has 0 spiro atoms. The largest absolute Gasteiger partial charge is 0.380 e. The second-order valence-electron chi connectivity index (χ2n) is 8.07. The summed E-state index contributed by atoms with van der Waals surface area (Å²) in [6, 6.07) is 0. The minimum Gasteiger partial charge on any atom is -0.380 e. The molecule has 1 unspecified atom stereocenters. The Morgan fingerprint density at radius 1 is 1.10 bits per heavy atom. The fourth-order valence-corrected chi connectivity index (χ4v) is 5.80. The van der Waals surface area contributed by atoms with Crippen molar-refractivity contribution in [3.63, 3.8) is 0 Å². The van der Waals surface area contributed by atoms with Crippen LogP contribution in [0.15, 0.2) is 0 Å². The van der Waals surface area contributed by atoms with Crippen molar-refractivity contribution in [3.05, 3.63) is 0 Å². The first-order chi connectivity index (χ1) is 9.48. The second kappa shape index (κ2) is 5.61. The Kier molecular flexibility index (Phi) is 4.16. The third-order valence-corrected chi connectivity index (χ3v) is 6.10. The maximum atomic E-state index is 12.0. The zero-order valence-corrected chi connectivity index (χ0v) is 13.5. The first kappa shape index (κ1) is 14.8. The molecule has 4 bridgehead atoms. The number of hydrogen-bond acceptors (Lipinski definition) is 2. The fraction of sp³-hybridized carbons (Fsp3) is 0.941. The van der Waals surface area contributed by atoms with Crippen LogP contribution in [-0.4, -0.2) is 18.5 Å². The van der Waals surface area contributed by atoms with E-state index in [-0.39, 0.29) is 16.6 Å². The number of carbonyl (C=O) groups is 1. The highest BCUT2D eigenvalue weighted by Gasteiger charge is 2.55. The van der Waals surface area contributed by atoms with Gasteiger partial charge in [0, 0.05) is 6.61 Å². The van der Waals surface area contributed by atoms with Gasteiger partial charge in [-0.1, -0.05) is 13.8 Å². The highest BCUT2D eigenvalue weighted by molar-refractivity contribution is 6.64. The van der Waals surface area contributed by atoms with Crippen molar-refractivity contribution in [1.29, 1.82) is 0 Å². The number of carbonyl (C=O) groups excluding carboxylic acids is 1. The van der Waals surface area contributed by atoms with E-state index in [0.717, 1.165) is 24.4 Å². The fourth-order valence-electron chi connectivity index (χ4n) is 5.51. The first-order valence-electron chi connectivity index (χ1n) is 8.25. The smallest absolute Gasteiger partial charge is 0.227 e. The van der Waals surface area contributed by atoms with E-state index in [0.29, 0.717) is 12.5 Å². The molecule has 4 aliphatic carbocycles. The summed E-state index contributed by atoms with van der Waals surface area (Å²) in [5.74, 6) is 2.99. The average molecular weight is 299 g/mol. The summed E-state index contributed by atoms with van der Waals surface area (Å²) in [6.07, 6.45) is 7.84. The molecule has 4 rings (SSSR count). The first-order valence-corrected chi connectivity index (χ1v) is 8.63. The molecule has 0 N–H and O–H groups in total. The summed E-state index contributed by atoms with van der Waals surface area (Å²) in [4.78, 5) is 12.0. The molecule has 1 atom stereocenters. The van der Waals surface area contributed by atoms with E-state index in [1.54, 1.807) is 0 Å². The van der Waals surface area contributed by atoms with Gasteiger partial charge in [-0.3, -0.25) is 4.79 Å². The molecule has 0 aromatic heterocycles. The lowest BCUT2D eigenvalue weighted by molar-refractivity contribution is -0.138. The van der Waals surface area contributed by atoms with Gasteiger partial charge in [0.25, 0.3) is 0 Å². The SMILES string of the molecule is CC(C)COCC(C(=O)Cl)C12CC3CC(CC(C3)C1)C2. The van der Waals surface area contributed by atoms with Crippen molar-refractivity contribution in [2.45, 2.75) is 52.4 Å². The Hall–Kier alpha value is -0.0800. The van der Waals surface area contributed by atoms with Crippen molar-refractivity contribution in [2.75, 3.05) is 13.2 Å². The monoisotopic (exact) mass is 298 g/mol. The summed E-state index contributed by atoms with van der Waals surface area (Å²) >= 11 is 5.98. The molecule has 2 nitrogen and oxygen atoms in total. The maximum Gasteiger partial charge on any atom is 0.227 e. The van der Waals surface area contributed by atoms with Crippen LogP contribution >= 0.6 is 11.6 Å². The molecule has 0 heterocycles.